The molecule has 7 heteroatoms. The van der Waals surface area contributed by atoms with E-state index in [1.165, 1.54) is 24.3 Å². The average Bonchev–Trinajstić information content (AvgIpc) is 2.46. The van der Waals surface area contributed by atoms with Crippen LogP contribution in [-0.2, 0) is 9.84 Å². The van der Waals surface area contributed by atoms with Gasteiger partial charge >= 0.3 is 5.76 Å². The molecule has 0 saturated carbocycles. The highest BCUT2D eigenvalue weighted by Crippen LogP contribution is 2.20. The summed E-state index contributed by atoms with van der Waals surface area (Å²) in [6.07, 6.45) is 1.98. The van der Waals surface area contributed by atoms with E-state index in [2.05, 4.69) is 19.2 Å². The molecule has 0 spiro atoms. The number of alkyl halides is 2. The molecule has 1 rings (SSSR count). The van der Waals surface area contributed by atoms with Crippen LogP contribution in [0.25, 0.3) is 0 Å². The van der Waals surface area contributed by atoms with Crippen molar-refractivity contribution in [2.24, 2.45) is 11.7 Å². The molecule has 0 radical (unpaired) electrons. The number of nitrogens with one attached hydrogen (secondary N) is 1. The lowest BCUT2D eigenvalue weighted by atomic mass is 9.95. The van der Waals surface area contributed by atoms with Crippen LogP contribution < -0.4 is 11.1 Å². The SMILES string of the molecule is CCC(CC)C(N)CNc1ccc(S(=O)(=O)C(F)F)cc1. The molecule has 0 fully saturated rings. The van der Waals surface area contributed by atoms with Gasteiger partial charge < -0.3 is 11.1 Å². The van der Waals surface area contributed by atoms with Gasteiger partial charge in [-0.3, -0.25) is 0 Å². The number of rotatable bonds is 8. The lowest BCUT2D eigenvalue weighted by molar-refractivity contribution is 0.234. The molecule has 120 valence electrons. The summed E-state index contributed by atoms with van der Waals surface area (Å²) < 4.78 is 47.4. The van der Waals surface area contributed by atoms with Crippen LogP contribution in [0.4, 0.5) is 14.5 Å². The van der Waals surface area contributed by atoms with Gasteiger partial charge in [0, 0.05) is 18.3 Å². The van der Waals surface area contributed by atoms with E-state index in [-0.39, 0.29) is 10.9 Å². The first kappa shape index (κ1) is 17.8. The van der Waals surface area contributed by atoms with Gasteiger partial charge in [0.05, 0.1) is 4.90 Å². The quantitative estimate of drug-likeness (QED) is 0.772. The Balaban J connectivity index is 2.68. The predicted octanol–water partition coefficient (Wildman–Crippen LogP) is 2.86. The van der Waals surface area contributed by atoms with Crippen LogP contribution in [0.15, 0.2) is 29.2 Å². The van der Waals surface area contributed by atoms with Crippen LogP contribution in [0.5, 0.6) is 0 Å². The van der Waals surface area contributed by atoms with Gasteiger partial charge in [0.25, 0.3) is 0 Å². The number of halogens is 2. The van der Waals surface area contributed by atoms with E-state index >= 15 is 0 Å². The summed E-state index contributed by atoms with van der Waals surface area (Å²) >= 11 is 0. The monoisotopic (exact) mass is 320 g/mol. The number of nitrogens with two attached hydrogens (primary N) is 1. The Kier molecular flexibility index (Phi) is 6.54. The third-order valence-electron chi connectivity index (χ3n) is 3.61. The number of anilines is 1. The van der Waals surface area contributed by atoms with Crippen molar-refractivity contribution >= 4 is 15.5 Å². The van der Waals surface area contributed by atoms with Gasteiger partial charge in [0.1, 0.15) is 0 Å². The Morgan fingerprint density at radius 1 is 1.14 bits per heavy atom. The molecule has 1 aromatic carbocycles. The van der Waals surface area contributed by atoms with Crippen LogP contribution in [0, 0.1) is 5.92 Å². The van der Waals surface area contributed by atoms with Crippen molar-refractivity contribution in [2.45, 2.75) is 43.4 Å². The van der Waals surface area contributed by atoms with Gasteiger partial charge in [0.2, 0.25) is 9.84 Å². The molecule has 21 heavy (non-hydrogen) atoms. The standard InChI is InChI=1S/C14H22F2N2O2S/c1-3-10(4-2)13(17)9-18-11-5-7-12(8-6-11)21(19,20)14(15)16/h5-8,10,13-14,18H,3-4,9,17H2,1-2H3. The molecule has 0 bridgehead atoms. The Morgan fingerprint density at radius 2 is 1.67 bits per heavy atom. The minimum absolute atomic E-state index is 0.00975. The number of sulfone groups is 1. The second-order valence-electron chi connectivity index (χ2n) is 4.95. The van der Waals surface area contributed by atoms with E-state index in [1.54, 1.807) is 0 Å². The summed E-state index contributed by atoms with van der Waals surface area (Å²) in [6.45, 7) is 4.71. The first-order valence-electron chi connectivity index (χ1n) is 6.94. The molecule has 0 heterocycles. The van der Waals surface area contributed by atoms with Crippen LogP contribution in [-0.4, -0.2) is 26.8 Å². The van der Waals surface area contributed by atoms with Crippen molar-refractivity contribution in [3.05, 3.63) is 24.3 Å². The third-order valence-corrected chi connectivity index (χ3v) is 5.01. The molecule has 1 aromatic rings. The lowest BCUT2D eigenvalue weighted by Crippen LogP contribution is -2.36. The first-order valence-corrected chi connectivity index (χ1v) is 8.49. The van der Waals surface area contributed by atoms with Gasteiger partial charge in [-0.1, -0.05) is 26.7 Å². The van der Waals surface area contributed by atoms with Crippen molar-refractivity contribution in [1.82, 2.24) is 0 Å². The van der Waals surface area contributed by atoms with E-state index in [4.69, 9.17) is 5.73 Å². The van der Waals surface area contributed by atoms with Gasteiger partial charge in [-0.15, -0.1) is 0 Å². The third kappa shape index (κ3) is 4.64. The Hall–Kier alpha value is -1.21. The molecular weight excluding hydrogens is 298 g/mol. The van der Waals surface area contributed by atoms with Crippen molar-refractivity contribution in [3.8, 4) is 0 Å². The summed E-state index contributed by atoms with van der Waals surface area (Å²) in [6, 6.07) is 5.27. The fraction of sp³-hybridized carbons (Fsp3) is 0.571. The lowest BCUT2D eigenvalue weighted by Gasteiger charge is -2.22. The highest BCUT2D eigenvalue weighted by Gasteiger charge is 2.26. The maximum Gasteiger partial charge on any atom is 0.341 e. The Labute approximate surface area is 124 Å². The second kappa shape index (κ2) is 7.70. The molecule has 0 aliphatic rings. The maximum absolute atomic E-state index is 12.4. The number of benzene rings is 1. The zero-order chi connectivity index (χ0) is 16.0. The van der Waals surface area contributed by atoms with Gasteiger partial charge in [-0.05, 0) is 30.2 Å². The van der Waals surface area contributed by atoms with E-state index in [9.17, 15) is 17.2 Å². The van der Waals surface area contributed by atoms with Crippen molar-refractivity contribution in [3.63, 3.8) is 0 Å². The summed E-state index contributed by atoms with van der Waals surface area (Å²) in [4.78, 5) is -0.382. The summed E-state index contributed by atoms with van der Waals surface area (Å²) in [5.41, 5.74) is 6.73. The van der Waals surface area contributed by atoms with Crippen LogP contribution >= 0.6 is 0 Å². The van der Waals surface area contributed by atoms with E-state index in [0.29, 0.717) is 18.2 Å². The van der Waals surface area contributed by atoms with E-state index in [1.807, 2.05) is 0 Å². The molecule has 4 nitrogen and oxygen atoms in total. The fourth-order valence-corrected chi connectivity index (χ4v) is 2.88. The number of hydrogen-bond acceptors (Lipinski definition) is 4. The van der Waals surface area contributed by atoms with Crippen molar-refractivity contribution in [1.29, 1.82) is 0 Å². The second-order valence-corrected chi connectivity index (χ2v) is 6.87. The highest BCUT2D eigenvalue weighted by molar-refractivity contribution is 7.91. The molecule has 3 N–H and O–H groups in total. The predicted molar refractivity (Wildman–Crippen MR) is 80.2 cm³/mol. The Morgan fingerprint density at radius 3 is 2.10 bits per heavy atom. The van der Waals surface area contributed by atoms with Crippen LogP contribution in [0.1, 0.15) is 26.7 Å². The zero-order valence-corrected chi connectivity index (χ0v) is 13.0. The molecule has 0 aliphatic carbocycles. The van der Waals surface area contributed by atoms with Crippen molar-refractivity contribution in [2.75, 3.05) is 11.9 Å². The van der Waals surface area contributed by atoms with E-state index in [0.717, 1.165) is 12.8 Å². The topological polar surface area (TPSA) is 72.2 Å². The molecule has 0 aromatic heterocycles. The smallest absolute Gasteiger partial charge is 0.341 e. The normalized spacial score (nSPS) is 13.7. The average molecular weight is 320 g/mol. The van der Waals surface area contributed by atoms with Crippen LogP contribution in [0.3, 0.4) is 0 Å². The fourth-order valence-electron chi connectivity index (χ4n) is 2.16. The molecule has 0 amide bonds. The zero-order valence-electron chi connectivity index (χ0n) is 12.2. The van der Waals surface area contributed by atoms with Gasteiger partial charge in [0.15, 0.2) is 0 Å². The first-order chi connectivity index (χ1) is 9.82. The summed E-state index contributed by atoms with van der Waals surface area (Å²) in [7, 11) is -4.53. The number of hydrogen-bond donors (Lipinski definition) is 2. The van der Waals surface area contributed by atoms with Gasteiger partial charge in [-0.25, -0.2) is 8.42 Å². The van der Waals surface area contributed by atoms with E-state index < -0.39 is 15.6 Å². The minimum Gasteiger partial charge on any atom is -0.383 e. The summed E-state index contributed by atoms with van der Waals surface area (Å²) in [5.74, 6) is -2.99. The maximum atomic E-state index is 12.4. The highest BCUT2D eigenvalue weighted by atomic mass is 32.2. The molecular formula is C14H22F2N2O2S. The molecule has 0 saturated heterocycles. The van der Waals surface area contributed by atoms with Gasteiger partial charge in [-0.2, -0.15) is 8.78 Å². The van der Waals surface area contributed by atoms with Crippen molar-refractivity contribution < 1.29 is 17.2 Å². The summed E-state index contributed by atoms with van der Waals surface area (Å²) in [5, 5.41) is 3.09. The molecule has 0 aliphatic heterocycles. The van der Waals surface area contributed by atoms with Crippen LogP contribution in [0.2, 0.25) is 0 Å². The minimum atomic E-state index is -4.53. The largest absolute Gasteiger partial charge is 0.383 e. The molecule has 1 unspecified atom stereocenters. The molecule has 1 atom stereocenters. The Bertz CT molecular complexity index is 528.